The van der Waals surface area contributed by atoms with Gasteiger partial charge in [-0.15, -0.1) is 0 Å². The lowest BCUT2D eigenvalue weighted by atomic mass is 9.86. The predicted molar refractivity (Wildman–Crippen MR) is 101 cm³/mol. The molecule has 0 aromatic rings. The van der Waals surface area contributed by atoms with Crippen molar-refractivity contribution in [3.63, 3.8) is 0 Å². The highest BCUT2D eigenvalue weighted by Crippen LogP contribution is 2.26. The second kappa shape index (κ2) is 17.8. The summed E-state index contributed by atoms with van der Waals surface area (Å²) in [5, 5.41) is 0. The van der Waals surface area contributed by atoms with E-state index in [-0.39, 0.29) is 0 Å². The third-order valence-corrected chi connectivity index (χ3v) is 4.34. The zero-order valence-electron chi connectivity index (χ0n) is 16.1. The van der Waals surface area contributed by atoms with Gasteiger partial charge in [-0.05, 0) is 24.7 Å². The van der Waals surface area contributed by atoms with Gasteiger partial charge in [-0.2, -0.15) is 0 Å². The molecule has 1 rings (SSSR count). The summed E-state index contributed by atoms with van der Waals surface area (Å²) in [6.45, 7) is 17.0. The minimum Gasteiger partial charge on any atom is -0.0996 e. The lowest BCUT2D eigenvalue weighted by Crippen LogP contribution is -2.04. The lowest BCUT2D eigenvalue weighted by Gasteiger charge is -2.20. The van der Waals surface area contributed by atoms with Crippen LogP contribution in [0.25, 0.3) is 0 Å². The molecule has 0 heterocycles. The van der Waals surface area contributed by atoms with Gasteiger partial charge in [0.25, 0.3) is 0 Å². The molecule has 0 aliphatic heterocycles. The van der Waals surface area contributed by atoms with E-state index in [0.717, 1.165) is 5.92 Å². The molecule has 0 saturated heterocycles. The summed E-state index contributed by atoms with van der Waals surface area (Å²) in [7, 11) is 0. The maximum absolute atomic E-state index is 4.03. The Morgan fingerprint density at radius 3 is 1.95 bits per heavy atom. The van der Waals surface area contributed by atoms with Gasteiger partial charge in [0, 0.05) is 0 Å². The highest BCUT2D eigenvalue weighted by Gasteiger charge is 2.11. The van der Waals surface area contributed by atoms with Crippen molar-refractivity contribution < 1.29 is 0 Å². The Morgan fingerprint density at radius 1 is 0.952 bits per heavy atom. The summed E-state index contributed by atoms with van der Waals surface area (Å²) < 4.78 is 0. The van der Waals surface area contributed by atoms with E-state index >= 15 is 0 Å². The molecule has 0 amide bonds. The van der Waals surface area contributed by atoms with Gasteiger partial charge in [0.05, 0.1) is 0 Å². The van der Waals surface area contributed by atoms with Gasteiger partial charge in [0.2, 0.25) is 0 Å². The van der Waals surface area contributed by atoms with Crippen LogP contribution < -0.4 is 0 Å². The number of hydrogen-bond donors (Lipinski definition) is 0. The zero-order valence-corrected chi connectivity index (χ0v) is 16.1. The van der Waals surface area contributed by atoms with E-state index in [1.54, 1.807) is 0 Å². The Hall–Kier alpha value is -0.260. The first kappa shape index (κ1) is 23.0. The van der Waals surface area contributed by atoms with Gasteiger partial charge >= 0.3 is 0 Å². The van der Waals surface area contributed by atoms with Crippen molar-refractivity contribution in [2.45, 2.75) is 112 Å². The maximum Gasteiger partial charge on any atom is -0.0263 e. The Morgan fingerprint density at radius 2 is 1.52 bits per heavy atom. The van der Waals surface area contributed by atoms with Crippen LogP contribution in [-0.4, -0.2) is 0 Å². The average Bonchev–Trinajstić information content (AvgIpc) is 2.51. The Labute approximate surface area is 136 Å². The summed E-state index contributed by atoms with van der Waals surface area (Å²) in [4.78, 5) is 0. The van der Waals surface area contributed by atoms with Crippen molar-refractivity contribution in [1.29, 1.82) is 0 Å². The van der Waals surface area contributed by atoms with Gasteiger partial charge < -0.3 is 0 Å². The van der Waals surface area contributed by atoms with Crippen LogP contribution >= 0.6 is 0 Å². The molecule has 0 bridgehead atoms. The third kappa shape index (κ3) is 15.9. The smallest absolute Gasteiger partial charge is 0.0263 e. The van der Waals surface area contributed by atoms with Crippen molar-refractivity contribution >= 4 is 0 Å². The van der Waals surface area contributed by atoms with E-state index < -0.39 is 0 Å². The molecule has 1 fully saturated rings. The molecule has 21 heavy (non-hydrogen) atoms. The van der Waals surface area contributed by atoms with Gasteiger partial charge in [0.15, 0.2) is 0 Å². The summed E-state index contributed by atoms with van der Waals surface area (Å²) in [6.07, 6.45) is 15.7. The average molecular weight is 297 g/mol. The summed E-state index contributed by atoms with van der Waals surface area (Å²) >= 11 is 0. The quantitative estimate of drug-likeness (QED) is 0.328. The van der Waals surface area contributed by atoms with Crippen LogP contribution in [0, 0.1) is 11.8 Å². The minimum absolute atomic E-state index is 0.678. The molecule has 0 aromatic carbocycles. The van der Waals surface area contributed by atoms with E-state index in [0.29, 0.717) is 5.92 Å². The molecule has 0 unspecified atom stereocenters. The van der Waals surface area contributed by atoms with Crippen LogP contribution in [-0.2, 0) is 0 Å². The van der Waals surface area contributed by atoms with Crippen LogP contribution in [0.15, 0.2) is 12.2 Å². The standard InChI is InChI=1S/C10H20.C9H18.C2H6/c1-5-6-7-8-10(4)9(2)3;1-2-6-9-7-4-3-5-8-9;1-2/h9H,4-8H2,1-3H3;9H,2-8H2,1H3;1-2H3. The van der Waals surface area contributed by atoms with Crippen LogP contribution in [0.4, 0.5) is 0 Å². The van der Waals surface area contributed by atoms with Crippen molar-refractivity contribution in [1.82, 2.24) is 0 Å². The van der Waals surface area contributed by atoms with Crippen molar-refractivity contribution in [2.75, 3.05) is 0 Å². The Balaban J connectivity index is 0. The minimum atomic E-state index is 0.678. The van der Waals surface area contributed by atoms with Crippen LogP contribution in [0.5, 0.6) is 0 Å². The highest BCUT2D eigenvalue weighted by atomic mass is 14.2. The monoisotopic (exact) mass is 296 g/mol. The fourth-order valence-electron chi connectivity index (χ4n) is 2.77. The molecule has 0 nitrogen and oxygen atoms in total. The van der Waals surface area contributed by atoms with E-state index in [9.17, 15) is 0 Å². The van der Waals surface area contributed by atoms with E-state index in [1.165, 1.54) is 76.2 Å². The normalized spacial score (nSPS) is 14.8. The molecule has 1 aliphatic carbocycles. The number of hydrogen-bond acceptors (Lipinski definition) is 0. The Kier molecular flexibility index (Phi) is 19.5. The zero-order chi connectivity index (χ0) is 16.5. The van der Waals surface area contributed by atoms with E-state index in [2.05, 4.69) is 34.3 Å². The molecule has 0 N–H and O–H groups in total. The summed E-state index contributed by atoms with van der Waals surface area (Å²) in [6, 6.07) is 0. The van der Waals surface area contributed by atoms with Crippen molar-refractivity contribution in [3.8, 4) is 0 Å². The molecular weight excluding hydrogens is 252 g/mol. The molecular formula is C21H44. The fourth-order valence-corrected chi connectivity index (χ4v) is 2.77. The highest BCUT2D eigenvalue weighted by molar-refractivity contribution is 4.96. The van der Waals surface area contributed by atoms with Gasteiger partial charge in [0.1, 0.15) is 0 Å². The summed E-state index contributed by atoms with van der Waals surface area (Å²) in [5.74, 6) is 1.78. The van der Waals surface area contributed by atoms with Gasteiger partial charge in [-0.3, -0.25) is 0 Å². The second-order valence-electron chi connectivity index (χ2n) is 6.56. The van der Waals surface area contributed by atoms with Crippen molar-refractivity contribution in [2.24, 2.45) is 11.8 Å². The molecule has 0 radical (unpaired) electrons. The lowest BCUT2D eigenvalue weighted by molar-refractivity contribution is 0.336. The Bertz CT molecular complexity index is 193. The number of rotatable bonds is 7. The largest absolute Gasteiger partial charge is 0.0996 e. The molecule has 0 atom stereocenters. The van der Waals surface area contributed by atoms with Crippen LogP contribution in [0.3, 0.4) is 0 Å². The molecule has 1 saturated carbocycles. The van der Waals surface area contributed by atoms with Gasteiger partial charge in [-0.1, -0.05) is 111 Å². The second-order valence-corrected chi connectivity index (χ2v) is 6.56. The number of allylic oxidation sites excluding steroid dienone is 1. The van der Waals surface area contributed by atoms with Crippen LogP contribution in [0.1, 0.15) is 112 Å². The molecule has 1 aliphatic rings. The first-order valence-corrected chi connectivity index (χ1v) is 9.79. The van der Waals surface area contributed by atoms with Crippen LogP contribution in [0.2, 0.25) is 0 Å². The first-order chi connectivity index (χ1) is 10.1. The van der Waals surface area contributed by atoms with E-state index in [4.69, 9.17) is 0 Å². The van der Waals surface area contributed by atoms with Crippen molar-refractivity contribution in [3.05, 3.63) is 12.2 Å². The predicted octanol–water partition coefficient (Wildman–Crippen LogP) is 8.17. The summed E-state index contributed by atoms with van der Waals surface area (Å²) in [5.41, 5.74) is 1.41. The molecule has 0 aromatic heterocycles. The van der Waals surface area contributed by atoms with E-state index in [1.807, 2.05) is 13.8 Å². The first-order valence-electron chi connectivity index (χ1n) is 9.79. The molecule has 0 heteroatoms. The maximum atomic E-state index is 4.03. The number of unbranched alkanes of at least 4 members (excludes halogenated alkanes) is 2. The third-order valence-electron chi connectivity index (χ3n) is 4.34. The fraction of sp³-hybridized carbons (Fsp3) is 0.905. The topological polar surface area (TPSA) is 0 Å². The SMILES string of the molecule is C=C(CCCCC)C(C)C.CC.CCCC1CCCCC1. The molecule has 0 spiro atoms. The van der Waals surface area contributed by atoms with Gasteiger partial charge in [-0.25, -0.2) is 0 Å². The molecule has 128 valence electrons.